The number of benzene rings is 3. The number of rotatable bonds is 4. The van der Waals surface area contributed by atoms with Crippen LogP contribution in [0, 0.1) is 0 Å². The summed E-state index contributed by atoms with van der Waals surface area (Å²) >= 11 is 3.66. The molecular formula is C21H18BrNO. The van der Waals surface area contributed by atoms with Crippen molar-refractivity contribution < 1.29 is 4.74 Å². The summed E-state index contributed by atoms with van der Waals surface area (Å²) in [6.07, 6.45) is 0. The van der Waals surface area contributed by atoms with Gasteiger partial charge in [0.05, 0.1) is 0 Å². The second-order valence-corrected chi connectivity index (χ2v) is 6.94. The topological polar surface area (TPSA) is 12.5 Å². The molecule has 3 aromatic rings. The first kappa shape index (κ1) is 15.4. The molecule has 0 amide bonds. The molecule has 0 bridgehead atoms. The number of para-hydroxylation sites is 1. The van der Waals surface area contributed by atoms with E-state index in [4.69, 9.17) is 4.74 Å². The van der Waals surface area contributed by atoms with Crippen LogP contribution < -0.4 is 4.74 Å². The van der Waals surface area contributed by atoms with Crippen molar-refractivity contribution in [2.75, 3.05) is 0 Å². The Balaban J connectivity index is 1.41. The first-order valence-electron chi connectivity index (χ1n) is 8.08. The molecule has 0 unspecified atom stereocenters. The molecule has 24 heavy (non-hydrogen) atoms. The van der Waals surface area contributed by atoms with Gasteiger partial charge in [0.1, 0.15) is 11.5 Å². The van der Waals surface area contributed by atoms with Crippen molar-refractivity contribution in [3.05, 3.63) is 94.0 Å². The van der Waals surface area contributed by atoms with Crippen molar-refractivity contribution >= 4 is 15.9 Å². The third-order valence-corrected chi connectivity index (χ3v) is 5.04. The molecule has 0 N–H and O–H groups in total. The average molecular weight is 380 g/mol. The van der Waals surface area contributed by atoms with Crippen LogP contribution in [-0.2, 0) is 19.6 Å². The maximum atomic E-state index is 5.85. The summed E-state index contributed by atoms with van der Waals surface area (Å²) in [5, 5.41) is 0. The van der Waals surface area contributed by atoms with E-state index in [2.05, 4.69) is 51.2 Å². The van der Waals surface area contributed by atoms with Gasteiger partial charge >= 0.3 is 0 Å². The molecule has 1 heterocycles. The predicted molar refractivity (Wildman–Crippen MR) is 100 cm³/mol. The molecule has 120 valence electrons. The van der Waals surface area contributed by atoms with Gasteiger partial charge in [0, 0.05) is 24.1 Å². The maximum absolute atomic E-state index is 5.85. The minimum atomic E-state index is 0.866. The van der Waals surface area contributed by atoms with Crippen LogP contribution in [0.1, 0.15) is 16.7 Å². The lowest BCUT2D eigenvalue weighted by molar-refractivity contribution is 0.275. The molecule has 3 aromatic carbocycles. The minimum Gasteiger partial charge on any atom is -0.457 e. The fraction of sp³-hybridized carbons (Fsp3) is 0.143. The standard InChI is InChI=1S/C21H18BrNO/c22-21-8-4-5-17-14-23(15-20(17)21)13-16-9-11-19(12-10-16)24-18-6-2-1-3-7-18/h1-12H,13-15H2. The summed E-state index contributed by atoms with van der Waals surface area (Å²) in [6.45, 7) is 2.96. The molecule has 0 radical (unpaired) electrons. The van der Waals surface area contributed by atoms with Crippen molar-refractivity contribution in [2.45, 2.75) is 19.6 Å². The van der Waals surface area contributed by atoms with E-state index in [-0.39, 0.29) is 0 Å². The molecule has 0 saturated carbocycles. The zero-order valence-corrected chi connectivity index (χ0v) is 14.9. The van der Waals surface area contributed by atoms with Crippen LogP contribution in [0.5, 0.6) is 11.5 Å². The zero-order valence-electron chi connectivity index (χ0n) is 13.3. The van der Waals surface area contributed by atoms with E-state index in [9.17, 15) is 0 Å². The lowest BCUT2D eigenvalue weighted by Gasteiger charge is -2.15. The number of hydrogen-bond acceptors (Lipinski definition) is 2. The number of hydrogen-bond donors (Lipinski definition) is 0. The predicted octanol–water partition coefficient (Wildman–Crippen LogP) is 5.76. The largest absolute Gasteiger partial charge is 0.457 e. The van der Waals surface area contributed by atoms with E-state index in [1.54, 1.807) is 0 Å². The highest BCUT2D eigenvalue weighted by molar-refractivity contribution is 9.10. The molecule has 3 heteroatoms. The molecule has 0 saturated heterocycles. The van der Waals surface area contributed by atoms with Crippen LogP contribution in [0.4, 0.5) is 0 Å². The Labute approximate surface area is 150 Å². The van der Waals surface area contributed by atoms with Gasteiger partial charge in [-0.25, -0.2) is 0 Å². The van der Waals surface area contributed by atoms with Gasteiger partial charge in [-0.2, -0.15) is 0 Å². The smallest absolute Gasteiger partial charge is 0.127 e. The number of nitrogens with zero attached hydrogens (tertiary/aromatic N) is 1. The minimum absolute atomic E-state index is 0.866. The number of fused-ring (bicyclic) bond motifs is 1. The molecule has 0 aliphatic carbocycles. The Morgan fingerprint density at radius 1 is 0.792 bits per heavy atom. The summed E-state index contributed by atoms with van der Waals surface area (Å²) in [5.74, 6) is 1.74. The second-order valence-electron chi connectivity index (χ2n) is 6.08. The molecule has 0 spiro atoms. The molecule has 0 atom stereocenters. The van der Waals surface area contributed by atoms with Gasteiger partial charge in [0.15, 0.2) is 0 Å². The molecule has 1 aliphatic rings. The third-order valence-electron chi connectivity index (χ3n) is 4.30. The Kier molecular flexibility index (Phi) is 4.37. The quantitative estimate of drug-likeness (QED) is 0.571. The van der Waals surface area contributed by atoms with Crippen molar-refractivity contribution in [1.29, 1.82) is 0 Å². The number of halogens is 1. The van der Waals surface area contributed by atoms with Crippen LogP contribution in [-0.4, -0.2) is 4.90 Å². The highest BCUT2D eigenvalue weighted by Crippen LogP contribution is 2.30. The van der Waals surface area contributed by atoms with E-state index in [1.165, 1.54) is 21.2 Å². The normalized spacial score (nSPS) is 13.7. The van der Waals surface area contributed by atoms with E-state index >= 15 is 0 Å². The van der Waals surface area contributed by atoms with Crippen molar-refractivity contribution in [3.63, 3.8) is 0 Å². The lowest BCUT2D eigenvalue weighted by atomic mass is 10.1. The Morgan fingerprint density at radius 3 is 2.29 bits per heavy atom. The van der Waals surface area contributed by atoms with Crippen LogP contribution in [0.15, 0.2) is 77.3 Å². The van der Waals surface area contributed by atoms with Gasteiger partial charge in [-0.3, -0.25) is 4.90 Å². The molecule has 0 fully saturated rings. The van der Waals surface area contributed by atoms with Gasteiger partial charge in [-0.15, -0.1) is 0 Å². The highest BCUT2D eigenvalue weighted by Gasteiger charge is 2.20. The monoisotopic (exact) mass is 379 g/mol. The molecular weight excluding hydrogens is 362 g/mol. The van der Waals surface area contributed by atoms with Gasteiger partial charge in [-0.05, 0) is 47.0 Å². The van der Waals surface area contributed by atoms with Crippen LogP contribution in [0.2, 0.25) is 0 Å². The van der Waals surface area contributed by atoms with Gasteiger partial charge < -0.3 is 4.74 Å². The summed E-state index contributed by atoms with van der Waals surface area (Å²) in [7, 11) is 0. The summed E-state index contributed by atoms with van der Waals surface area (Å²) in [6, 6.07) is 24.7. The molecule has 2 nitrogen and oxygen atoms in total. The summed E-state index contributed by atoms with van der Waals surface area (Å²) in [5.41, 5.74) is 4.15. The molecule has 0 aromatic heterocycles. The van der Waals surface area contributed by atoms with E-state index in [1.807, 2.05) is 42.5 Å². The summed E-state index contributed by atoms with van der Waals surface area (Å²) < 4.78 is 7.07. The second kappa shape index (κ2) is 6.80. The fourth-order valence-corrected chi connectivity index (χ4v) is 3.64. The van der Waals surface area contributed by atoms with E-state index < -0.39 is 0 Å². The first-order chi connectivity index (χ1) is 11.8. The van der Waals surface area contributed by atoms with Gasteiger partial charge in [0.25, 0.3) is 0 Å². The number of ether oxygens (including phenoxy) is 1. The van der Waals surface area contributed by atoms with Crippen LogP contribution in [0.3, 0.4) is 0 Å². The Hall–Kier alpha value is -2.10. The summed E-state index contributed by atoms with van der Waals surface area (Å²) in [4.78, 5) is 2.46. The third kappa shape index (κ3) is 3.37. The highest BCUT2D eigenvalue weighted by atomic mass is 79.9. The SMILES string of the molecule is Brc1cccc2c1CN(Cc1ccc(Oc3ccccc3)cc1)C2. The van der Waals surface area contributed by atoms with E-state index in [0.717, 1.165) is 31.1 Å². The average Bonchev–Trinajstić information content (AvgIpc) is 3.02. The maximum Gasteiger partial charge on any atom is 0.127 e. The fourth-order valence-electron chi connectivity index (χ4n) is 3.11. The van der Waals surface area contributed by atoms with Crippen LogP contribution >= 0.6 is 15.9 Å². The Morgan fingerprint density at radius 2 is 1.54 bits per heavy atom. The van der Waals surface area contributed by atoms with Crippen molar-refractivity contribution in [1.82, 2.24) is 4.90 Å². The van der Waals surface area contributed by atoms with Crippen molar-refractivity contribution in [3.8, 4) is 11.5 Å². The van der Waals surface area contributed by atoms with Gasteiger partial charge in [0.2, 0.25) is 0 Å². The van der Waals surface area contributed by atoms with Crippen LogP contribution in [0.25, 0.3) is 0 Å². The zero-order chi connectivity index (χ0) is 16.4. The molecule has 1 aliphatic heterocycles. The lowest BCUT2D eigenvalue weighted by Crippen LogP contribution is -2.15. The molecule has 4 rings (SSSR count). The Bertz CT molecular complexity index is 830. The van der Waals surface area contributed by atoms with Gasteiger partial charge in [-0.1, -0.05) is 58.4 Å². The first-order valence-corrected chi connectivity index (χ1v) is 8.88. The van der Waals surface area contributed by atoms with Crippen molar-refractivity contribution in [2.24, 2.45) is 0 Å². The van der Waals surface area contributed by atoms with E-state index in [0.29, 0.717) is 0 Å².